The molecular formula is C19H26N2O5. The van der Waals surface area contributed by atoms with Gasteiger partial charge in [0.15, 0.2) is 6.61 Å². The van der Waals surface area contributed by atoms with E-state index >= 15 is 0 Å². The molecule has 0 aliphatic heterocycles. The van der Waals surface area contributed by atoms with Gasteiger partial charge in [-0.1, -0.05) is 32.1 Å². The van der Waals surface area contributed by atoms with Gasteiger partial charge in [0.05, 0.1) is 7.11 Å². The smallest absolute Gasteiger partial charge is 0.306 e. The Kier molecular flexibility index (Phi) is 7.92. The van der Waals surface area contributed by atoms with Crippen molar-refractivity contribution < 1.29 is 23.9 Å². The topological polar surface area (TPSA) is 93.7 Å². The van der Waals surface area contributed by atoms with Crippen LogP contribution >= 0.6 is 0 Å². The van der Waals surface area contributed by atoms with E-state index in [0.29, 0.717) is 23.7 Å². The van der Waals surface area contributed by atoms with Crippen LogP contribution in [0.3, 0.4) is 0 Å². The zero-order valence-corrected chi connectivity index (χ0v) is 15.1. The van der Waals surface area contributed by atoms with Crippen molar-refractivity contribution in [3.63, 3.8) is 0 Å². The van der Waals surface area contributed by atoms with Crippen LogP contribution in [0, 0.1) is 5.92 Å². The van der Waals surface area contributed by atoms with Gasteiger partial charge >= 0.3 is 5.97 Å². The second-order valence-electron chi connectivity index (χ2n) is 6.43. The molecule has 1 aliphatic rings. The summed E-state index contributed by atoms with van der Waals surface area (Å²) in [6.07, 6.45) is 7.23. The third-order valence-electron chi connectivity index (χ3n) is 4.51. The van der Waals surface area contributed by atoms with Gasteiger partial charge in [-0.05, 0) is 36.6 Å². The zero-order valence-electron chi connectivity index (χ0n) is 15.1. The van der Waals surface area contributed by atoms with Crippen LogP contribution in [0.25, 0.3) is 0 Å². The molecule has 1 aliphatic carbocycles. The first-order chi connectivity index (χ1) is 12.6. The summed E-state index contributed by atoms with van der Waals surface area (Å²) in [6, 6.07) is 6.44. The van der Waals surface area contributed by atoms with E-state index in [1.807, 2.05) is 0 Å². The maximum absolute atomic E-state index is 11.9. The fraction of sp³-hybridized carbons (Fsp3) is 0.526. The minimum Gasteiger partial charge on any atom is -0.497 e. The molecule has 1 aromatic rings. The van der Waals surface area contributed by atoms with E-state index in [-0.39, 0.29) is 5.97 Å². The fourth-order valence-corrected chi connectivity index (χ4v) is 2.99. The molecule has 0 radical (unpaired) electrons. The van der Waals surface area contributed by atoms with Crippen molar-refractivity contribution in [1.82, 2.24) is 10.9 Å². The molecule has 142 valence electrons. The third-order valence-corrected chi connectivity index (χ3v) is 4.51. The summed E-state index contributed by atoms with van der Waals surface area (Å²) < 4.78 is 9.95. The van der Waals surface area contributed by atoms with Crippen LogP contribution in [0.2, 0.25) is 0 Å². The largest absolute Gasteiger partial charge is 0.497 e. The number of hydrogen-bond donors (Lipinski definition) is 2. The van der Waals surface area contributed by atoms with Gasteiger partial charge in [0, 0.05) is 12.0 Å². The normalized spacial score (nSPS) is 14.3. The lowest BCUT2D eigenvalue weighted by Crippen LogP contribution is -2.43. The number of ether oxygens (including phenoxy) is 2. The minimum absolute atomic E-state index is 0.330. The lowest BCUT2D eigenvalue weighted by Gasteiger charge is -2.20. The average Bonchev–Trinajstić information content (AvgIpc) is 2.69. The molecule has 0 saturated heterocycles. The van der Waals surface area contributed by atoms with Crippen molar-refractivity contribution in [1.29, 1.82) is 0 Å². The highest BCUT2D eigenvalue weighted by molar-refractivity contribution is 5.95. The van der Waals surface area contributed by atoms with Gasteiger partial charge in [-0.15, -0.1) is 0 Å². The molecular weight excluding hydrogens is 336 g/mol. The van der Waals surface area contributed by atoms with Gasteiger partial charge in [-0.3, -0.25) is 25.2 Å². The SMILES string of the molecule is COc1ccc(C(=O)NNC(=O)COC(=O)CCC2CCCCC2)cc1. The molecule has 0 spiro atoms. The number of esters is 1. The molecule has 1 aromatic carbocycles. The van der Waals surface area contributed by atoms with Crippen molar-refractivity contribution in [3.05, 3.63) is 29.8 Å². The molecule has 0 bridgehead atoms. The molecule has 0 atom stereocenters. The quantitative estimate of drug-likeness (QED) is 0.574. The standard InChI is InChI=1S/C19H26N2O5/c1-25-16-10-8-15(9-11-16)19(24)21-20-17(22)13-26-18(23)12-7-14-5-3-2-4-6-14/h8-11,14H,2-7,12-13H2,1H3,(H,20,22)(H,21,24). The number of methoxy groups -OCH3 is 1. The molecule has 2 rings (SSSR count). The Hall–Kier alpha value is -2.57. The highest BCUT2D eigenvalue weighted by Crippen LogP contribution is 2.27. The molecule has 0 heterocycles. The summed E-state index contributed by atoms with van der Waals surface area (Å²) in [4.78, 5) is 35.3. The van der Waals surface area contributed by atoms with Crippen molar-refractivity contribution in [2.75, 3.05) is 13.7 Å². The molecule has 2 amide bonds. The minimum atomic E-state index is -0.585. The van der Waals surface area contributed by atoms with E-state index in [2.05, 4.69) is 10.9 Å². The molecule has 1 saturated carbocycles. The number of nitrogens with one attached hydrogen (secondary N) is 2. The van der Waals surface area contributed by atoms with Crippen LogP contribution in [-0.2, 0) is 14.3 Å². The van der Waals surface area contributed by atoms with Crippen LogP contribution in [0.4, 0.5) is 0 Å². The Bertz CT molecular complexity index is 609. The number of carbonyl (C=O) groups is 3. The first-order valence-electron chi connectivity index (χ1n) is 8.97. The van der Waals surface area contributed by atoms with E-state index < -0.39 is 18.4 Å². The predicted molar refractivity (Wildman–Crippen MR) is 95.4 cm³/mol. The van der Waals surface area contributed by atoms with Gasteiger partial charge in [0.2, 0.25) is 0 Å². The second-order valence-corrected chi connectivity index (χ2v) is 6.43. The Labute approximate surface area is 153 Å². The molecule has 2 N–H and O–H groups in total. The van der Waals surface area contributed by atoms with Crippen LogP contribution in [-0.4, -0.2) is 31.5 Å². The van der Waals surface area contributed by atoms with E-state index in [4.69, 9.17) is 9.47 Å². The highest BCUT2D eigenvalue weighted by atomic mass is 16.5. The number of hydrogen-bond acceptors (Lipinski definition) is 5. The van der Waals surface area contributed by atoms with E-state index in [1.54, 1.807) is 24.3 Å². The van der Waals surface area contributed by atoms with Crippen LogP contribution in [0.1, 0.15) is 55.3 Å². The molecule has 26 heavy (non-hydrogen) atoms. The first-order valence-corrected chi connectivity index (χ1v) is 8.97. The number of amides is 2. The Morgan fingerprint density at radius 2 is 1.73 bits per heavy atom. The second kappa shape index (κ2) is 10.4. The van der Waals surface area contributed by atoms with E-state index in [9.17, 15) is 14.4 Å². The molecule has 7 heteroatoms. The van der Waals surface area contributed by atoms with Crippen molar-refractivity contribution in [2.45, 2.75) is 44.9 Å². The van der Waals surface area contributed by atoms with E-state index in [0.717, 1.165) is 6.42 Å². The summed E-state index contributed by atoms with van der Waals surface area (Å²) in [5.41, 5.74) is 4.87. The van der Waals surface area contributed by atoms with Crippen molar-refractivity contribution >= 4 is 17.8 Å². The molecule has 0 aromatic heterocycles. The number of carbonyl (C=O) groups excluding carboxylic acids is 3. The zero-order chi connectivity index (χ0) is 18.8. The lowest BCUT2D eigenvalue weighted by molar-refractivity contribution is -0.149. The molecule has 7 nitrogen and oxygen atoms in total. The molecule has 0 unspecified atom stereocenters. The van der Waals surface area contributed by atoms with Crippen LogP contribution < -0.4 is 15.6 Å². The maximum atomic E-state index is 11.9. The number of rotatable bonds is 7. The summed E-state index contributed by atoms with van der Waals surface area (Å²) >= 11 is 0. The third kappa shape index (κ3) is 6.74. The summed E-state index contributed by atoms with van der Waals surface area (Å²) in [5, 5.41) is 0. The Morgan fingerprint density at radius 3 is 2.38 bits per heavy atom. The van der Waals surface area contributed by atoms with Gasteiger partial charge in [0.25, 0.3) is 11.8 Å². The number of hydrazine groups is 1. The van der Waals surface area contributed by atoms with Gasteiger partial charge in [-0.25, -0.2) is 0 Å². The van der Waals surface area contributed by atoms with Gasteiger partial charge in [0.1, 0.15) is 5.75 Å². The van der Waals surface area contributed by atoms with Crippen LogP contribution in [0.15, 0.2) is 24.3 Å². The van der Waals surface area contributed by atoms with E-state index in [1.165, 1.54) is 39.2 Å². The Morgan fingerprint density at radius 1 is 1.04 bits per heavy atom. The summed E-state index contributed by atoms with van der Waals surface area (Å²) in [5.74, 6) is -0.214. The van der Waals surface area contributed by atoms with Gasteiger partial charge in [-0.2, -0.15) is 0 Å². The fourth-order valence-electron chi connectivity index (χ4n) is 2.99. The average molecular weight is 362 g/mol. The van der Waals surface area contributed by atoms with Crippen LogP contribution in [0.5, 0.6) is 5.75 Å². The first kappa shape index (κ1) is 19.8. The Balaban J connectivity index is 1.61. The van der Waals surface area contributed by atoms with Crippen molar-refractivity contribution in [3.8, 4) is 5.75 Å². The monoisotopic (exact) mass is 362 g/mol. The number of benzene rings is 1. The summed E-state index contributed by atoms with van der Waals surface area (Å²) in [6.45, 7) is -0.410. The van der Waals surface area contributed by atoms with Crippen molar-refractivity contribution in [2.24, 2.45) is 5.92 Å². The lowest BCUT2D eigenvalue weighted by atomic mass is 9.86. The molecule has 1 fully saturated rings. The highest BCUT2D eigenvalue weighted by Gasteiger charge is 2.16. The van der Waals surface area contributed by atoms with Gasteiger partial charge < -0.3 is 9.47 Å². The summed E-state index contributed by atoms with van der Waals surface area (Å²) in [7, 11) is 1.53. The predicted octanol–water partition coefficient (Wildman–Crippen LogP) is 2.36. The maximum Gasteiger partial charge on any atom is 0.306 e.